The number of amides is 1. The topological polar surface area (TPSA) is 68.0 Å². The third-order valence-corrected chi connectivity index (χ3v) is 4.12. The van der Waals surface area contributed by atoms with Crippen molar-refractivity contribution >= 4 is 29.0 Å². The summed E-state index contributed by atoms with van der Waals surface area (Å²) in [7, 11) is 0. The Bertz CT molecular complexity index is 628. The molecule has 0 bridgehead atoms. The van der Waals surface area contributed by atoms with Crippen LogP contribution in [0.2, 0.25) is 0 Å². The second-order valence-electron chi connectivity index (χ2n) is 4.99. The zero-order valence-corrected chi connectivity index (χ0v) is 13.0. The number of thioether (sulfide) groups is 1. The minimum absolute atomic E-state index is 0.0377. The first kappa shape index (κ1) is 15.4. The molecule has 3 N–H and O–H groups in total. The summed E-state index contributed by atoms with van der Waals surface area (Å²) in [6.45, 7) is 4.22. The van der Waals surface area contributed by atoms with E-state index in [1.807, 2.05) is 30.3 Å². The van der Waals surface area contributed by atoms with E-state index in [9.17, 15) is 4.79 Å². The third kappa shape index (κ3) is 4.23. The lowest BCUT2D eigenvalue weighted by Gasteiger charge is -2.13. The number of hydrogen-bond acceptors (Lipinski definition) is 4. The monoisotopic (exact) mass is 301 g/mol. The van der Waals surface area contributed by atoms with E-state index in [4.69, 9.17) is 5.73 Å². The molecule has 0 radical (unpaired) electrons. The maximum Gasteiger partial charge on any atom is 0.234 e. The Morgan fingerprint density at radius 2 is 2.10 bits per heavy atom. The number of aromatic nitrogens is 1. The van der Waals surface area contributed by atoms with E-state index in [0.29, 0.717) is 17.4 Å². The van der Waals surface area contributed by atoms with Gasteiger partial charge < -0.3 is 11.1 Å². The molecule has 1 amide bonds. The van der Waals surface area contributed by atoms with Crippen LogP contribution in [0.4, 0.5) is 11.4 Å². The molecule has 1 heterocycles. The van der Waals surface area contributed by atoms with Crippen LogP contribution in [-0.2, 0) is 4.79 Å². The molecule has 21 heavy (non-hydrogen) atoms. The summed E-state index contributed by atoms with van der Waals surface area (Å²) in [5.74, 6) is 0.648. The Kier molecular flexibility index (Phi) is 5.22. The van der Waals surface area contributed by atoms with Gasteiger partial charge in [0, 0.05) is 16.8 Å². The maximum absolute atomic E-state index is 12.1. The van der Waals surface area contributed by atoms with Crippen molar-refractivity contribution in [2.24, 2.45) is 0 Å². The van der Waals surface area contributed by atoms with Crippen LogP contribution in [0.5, 0.6) is 0 Å². The van der Waals surface area contributed by atoms with Gasteiger partial charge in [-0.2, -0.15) is 0 Å². The molecule has 4 nitrogen and oxygen atoms in total. The fraction of sp³-hybridized carbons (Fsp3) is 0.250. The van der Waals surface area contributed by atoms with Crippen molar-refractivity contribution in [3.05, 3.63) is 48.3 Å². The zero-order valence-electron chi connectivity index (χ0n) is 12.2. The minimum Gasteiger partial charge on any atom is -0.397 e. The highest BCUT2D eigenvalue weighted by molar-refractivity contribution is 8.00. The van der Waals surface area contributed by atoms with Crippen LogP contribution in [0, 0.1) is 0 Å². The number of pyridine rings is 1. The standard InChI is InChI=1S/C16H19N3OS/c1-11(2)12-5-3-4-6-14(12)19-16(20)10-21-15-7-8-18-9-13(15)17/h3-9,11H,10,17H2,1-2H3,(H,19,20). The number of benzene rings is 1. The molecule has 0 aliphatic rings. The highest BCUT2D eigenvalue weighted by Gasteiger charge is 2.10. The van der Waals surface area contributed by atoms with Gasteiger partial charge in [-0.15, -0.1) is 11.8 Å². The van der Waals surface area contributed by atoms with Crippen molar-refractivity contribution in [3.8, 4) is 0 Å². The number of carbonyl (C=O) groups is 1. The van der Waals surface area contributed by atoms with E-state index in [-0.39, 0.29) is 5.91 Å². The number of hydrogen-bond donors (Lipinski definition) is 2. The Labute approximate surface area is 129 Å². The van der Waals surface area contributed by atoms with Gasteiger partial charge in [-0.3, -0.25) is 9.78 Å². The first-order valence-corrected chi connectivity index (χ1v) is 7.77. The maximum atomic E-state index is 12.1. The second-order valence-corrected chi connectivity index (χ2v) is 6.01. The highest BCUT2D eigenvalue weighted by atomic mass is 32.2. The van der Waals surface area contributed by atoms with Crippen molar-refractivity contribution in [2.75, 3.05) is 16.8 Å². The van der Waals surface area contributed by atoms with Gasteiger partial charge >= 0.3 is 0 Å². The lowest BCUT2D eigenvalue weighted by atomic mass is 10.0. The molecular weight excluding hydrogens is 282 g/mol. The summed E-state index contributed by atoms with van der Waals surface area (Å²) in [5.41, 5.74) is 8.42. The van der Waals surface area contributed by atoms with E-state index in [0.717, 1.165) is 16.1 Å². The summed E-state index contributed by atoms with van der Waals surface area (Å²) in [6.07, 6.45) is 3.26. The van der Waals surface area contributed by atoms with Gasteiger partial charge in [-0.05, 0) is 23.6 Å². The number of para-hydroxylation sites is 1. The van der Waals surface area contributed by atoms with Crippen LogP contribution >= 0.6 is 11.8 Å². The number of nitrogens with two attached hydrogens (primary N) is 1. The molecule has 1 aromatic carbocycles. The number of carbonyl (C=O) groups excluding carboxylic acids is 1. The zero-order chi connectivity index (χ0) is 15.2. The molecule has 2 aromatic rings. The van der Waals surface area contributed by atoms with Gasteiger partial charge in [0.05, 0.1) is 17.6 Å². The summed E-state index contributed by atoms with van der Waals surface area (Å²) >= 11 is 1.41. The normalized spacial score (nSPS) is 10.6. The lowest BCUT2D eigenvalue weighted by molar-refractivity contribution is -0.113. The van der Waals surface area contributed by atoms with Crippen molar-refractivity contribution < 1.29 is 4.79 Å². The molecule has 2 rings (SSSR count). The molecular formula is C16H19N3OS. The fourth-order valence-electron chi connectivity index (χ4n) is 1.97. The van der Waals surface area contributed by atoms with E-state index >= 15 is 0 Å². The first-order valence-electron chi connectivity index (χ1n) is 6.79. The van der Waals surface area contributed by atoms with Crippen LogP contribution in [0.1, 0.15) is 25.3 Å². The highest BCUT2D eigenvalue weighted by Crippen LogP contribution is 2.26. The molecule has 0 aliphatic heterocycles. The number of rotatable bonds is 5. The van der Waals surface area contributed by atoms with Gasteiger partial charge in [0.25, 0.3) is 0 Å². The molecule has 0 saturated carbocycles. The van der Waals surface area contributed by atoms with Gasteiger partial charge in [0.2, 0.25) is 5.91 Å². The van der Waals surface area contributed by atoms with Gasteiger partial charge in [0.15, 0.2) is 0 Å². The van der Waals surface area contributed by atoms with Gasteiger partial charge in [-0.1, -0.05) is 32.0 Å². The number of nitrogen functional groups attached to an aromatic ring is 1. The minimum atomic E-state index is -0.0377. The summed E-state index contributed by atoms with van der Waals surface area (Å²) < 4.78 is 0. The number of anilines is 2. The first-order chi connectivity index (χ1) is 10.1. The van der Waals surface area contributed by atoms with Gasteiger partial charge in [-0.25, -0.2) is 0 Å². The Hall–Kier alpha value is -2.01. The van der Waals surface area contributed by atoms with E-state index in [1.165, 1.54) is 11.8 Å². The summed E-state index contributed by atoms with van der Waals surface area (Å²) in [5, 5.41) is 2.97. The molecule has 1 aromatic heterocycles. The van der Waals surface area contributed by atoms with Crippen LogP contribution in [-0.4, -0.2) is 16.6 Å². The van der Waals surface area contributed by atoms with Crippen molar-refractivity contribution in [1.29, 1.82) is 0 Å². The molecule has 0 atom stereocenters. The van der Waals surface area contributed by atoms with Crippen molar-refractivity contribution in [2.45, 2.75) is 24.7 Å². The van der Waals surface area contributed by atoms with Gasteiger partial charge in [0.1, 0.15) is 0 Å². The quantitative estimate of drug-likeness (QED) is 0.829. The number of nitrogens with one attached hydrogen (secondary N) is 1. The average Bonchev–Trinajstić information content (AvgIpc) is 2.47. The predicted octanol–water partition coefficient (Wildman–Crippen LogP) is 3.52. The molecule has 0 unspecified atom stereocenters. The lowest BCUT2D eigenvalue weighted by Crippen LogP contribution is -2.15. The fourth-order valence-corrected chi connectivity index (χ4v) is 2.70. The summed E-state index contributed by atoms with van der Waals surface area (Å²) in [6, 6.07) is 9.69. The molecule has 0 saturated heterocycles. The van der Waals surface area contributed by atoms with E-state index in [2.05, 4.69) is 24.1 Å². The predicted molar refractivity (Wildman–Crippen MR) is 88.5 cm³/mol. The Balaban J connectivity index is 1.98. The second kappa shape index (κ2) is 7.13. The molecule has 110 valence electrons. The van der Waals surface area contributed by atoms with Crippen molar-refractivity contribution in [1.82, 2.24) is 4.98 Å². The van der Waals surface area contributed by atoms with Crippen LogP contribution in [0.25, 0.3) is 0 Å². The summed E-state index contributed by atoms with van der Waals surface area (Å²) in [4.78, 5) is 16.9. The average molecular weight is 301 g/mol. The van der Waals surface area contributed by atoms with E-state index in [1.54, 1.807) is 12.4 Å². The van der Waals surface area contributed by atoms with E-state index < -0.39 is 0 Å². The molecule has 5 heteroatoms. The molecule has 0 aliphatic carbocycles. The smallest absolute Gasteiger partial charge is 0.234 e. The Morgan fingerprint density at radius 3 is 2.81 bits per heavy atom. The van der Waals surface area contributed by atoms with Crippen LogP contribution in [0.3, 0.4) is 0 Å². The Morgan fingerprint density at radius 1 is 1.33 bits per heavy atom. The third-order valence-electron chi connectivity index (χ3n) is 3.03. The number of nitrogens with zero attached hydrogens (tertiary/aromatic N) is 1. The molecule has 0 spiro atoms. The van der Waals surface area contributed by atoms with Crippen LogP contribution in [0.15, 0.2) is 47.6 Å². The molecule has 0 fully saturated rings. The van der Waals surface area contributed by atoms with Crippen molar-refractivity contribution in [3.63, 3.8) is 0 Å². The largest absolute Gasteiger partial charge is 0.397 e. The SMILES string of the molecule is CC(C)c1ccccc1NC(=O)CSc1ccncc1N. The van der Waals surface area contributed by atoms with Crippen LogP contribution < -0.4 is 11.1 Å².